The average molecular weight is 334 g/mol. The Morgan fingerprint density at radius 2 is 1.92 bits per heavy atom. The van der Waals surface area contributed by atoms with Crippen LogP contribution in [0.5, 0.6) is 0 Å². The van der Waals surface area contributed by atoms with E-state index in [0.29, 0.717) is 0 Å². The van der Waals surface area contributed by atoms with E-state index in [9.17, 15) is 0 Å². The predicted molar refractivity (Wildman–Crippen MR) is 98.5 cm³/mol. The minimum absolute atomic E-state index is 0.828. The van der Waals surface area contributed by atoms with Crippen LogP contribution in [-0.2, 0) is 5.75 Å². The van der Waals surface area contributed by atoms with Crippen molar-refractivity contribution >= 4 is 28.3 Å². The van der Waals surface area contributed by atoms with Crippen molar-refractivity contribution in [3.63, 3.8) is 0 Å². The molecule has 24 heavy (non-hydrogen) atoms. The topological polar surface area (TPSA) is 43.1 Å². The van der Waals surface area contributed by atoms with Crippen molar-refractivity contribution in [2.45, 2.75) is 31.7 Å². The number of nitrogens with zero attached hydrogens (tertiary/aromatic N) is 4. The van der Waals surface area contributed by atoms with Crippen LogP contribution in [0.15, 0.2) is 47.9 Å². The number of benzene rings is 1. The Balaban J connectivity index is 1.87. The minimum atomic E-state index is 0.828. The van der Waals surface area contributed by atoms with Gasteiger partial charge in [0, 0.05) is 18.1 Å². The van der Waals surface area contributed by atoms with Crippen molar-refractivity contribution in [3.8, 4) is 0 Å². The van der Waals surface area contributed by atoms with E-state index in [1.165, 1.54) is 27.6 Å². The number of thioether (sulfide) groups is 1. The number of pyridine rings is 2. The van der Waals surface area contributed by atoms with Crippen LogP contribution in [0, 0.1) is 20.8 Å². The van der Waals surface area contributed by atoms with Crippen LogP contribution in [0.25, 0.3) is 16.6 Å². The van der Waals surface area contributed by atoms with Gasteiger partial charge in [-0.3, -0.25) is 9.38 Å². The average Bonchev–Trinajstić information content (AvgIpc) is 2.98. The molecular weight excluding hydrogens is 316 g/mol. The van der Waals surface area contributed by atoms with Gasteiger partial charge in [-0.2, -0.15) is 0 Å². The summed E-state index contributed by atoms with van der Waals surface area (Å²) >= 11 is 1.70. The van der Waals surface area contributed by atoms with Gasteiger partial charge in [-0.1, -0.05) is 29.5 Å². The lowest BCUT2D eigenvalue weighted by Crippen LogP contribution is -1.97. The highest BCUT2D eigenvalue weighted by Gasteiger charge is 2.14. The van der Waals surface area contributed by atoms with Crippen LogP contribution in [-0.4, -0.2) is 19.6 Å². The molecule has 0 bridgehead atoms. The van der Waals surface area contributed by atoms with Crippen molar-refractivity contribution in [3.05, 3.63) is 65.0 Å². The van der Waals surface area contributed by atoms with Gasteiger partial charge in [0.1, 0.15) is 0 Å². The number of fused-ring (bicyclic) bond motifs is 3. The monoisotopic (exact) mass is 334 g/mol. The third kappa shape index (κ3) is 2.55. The SMILES string of the molecule is Cc1cc(C)c2c(c1)cc(C)c1nnc(SCc3cccnc3)n12. The lowest BCUT2D eigenvalue weighted by molar-refractivity contribution is 0.937. The molecule has 0 radical (unpaired) electrons. The van der Waals surface area contributed by atoms with Crippen LogP contribution in [0.3, 0.4) is 0 Å². The molecule has 0 aliphatic carbocycles. The maximum absolute atomic E-state index is 4.44. The van der Waals surface area contributed by atoms with E-state index in [4.69, 9.17) is 0 Å². The van der Waals surface area contributed by atoms with Crippen molar-refractivity contribution in [2.75, 3.05) is 0 Å². The van der Waals surface area contributed by atoms with Gasteiger partial charge in [-0.15, -0.1) is 10.2 Å². The Bertz CT molecular complexity index is 1040. The molecule has 3 aromatic heterocycles. The Labute approximate surface area is 144 Å². The number of aryl methyl sites for hydroxylation is 3. The third-order valence-electron chi connectivity index (χ3n) is 4.15. The Morgan fingerprint density at radius 1 is 1.04 bits per heavy atom. The van der Waals surface area contributed by atoms with Gasteiger partial charge >= 0.3 is 0 Å². The molecule has 4 nitrogen and oxygen atoms in total. The third-order valence-corrected chi connectivity index (χ3v) is 5.15. The number of rotatable bonds is 3. The zero-order chi connectivity index (χ0) is 16.7. The lowest BCUT2D eigenvalue weighted by Gasteiger charge is -2.10. The fourth-order valence-electron chi connectivity index (χ4n) is 3.16. The highest BCUT2D eigenvalue weighted by Crippen LogP contribution is 2.29. The van der Waals surface area contributed by atoms with Gasteiger partial charge in [-0.05, 0) is 61.0 Å². The van der Waals surface area contributed by atoms with Crippen LogP contribution < -0.4 is 0 Å². The molecule has 0 unspecified atom stereocenters. The fraction of sp³-hybridized carbons (Fsp3) is 0.211. The molecule has 0 atom stereocenters. The molecule has 120 valence electrons. The first-order chi connectivity index (χ1) is 11.6. The van der Waals surface area contributed by atoms with Crippen LogP contribution in [0.4, 0.5) is 0 Å². The normalized spacial score (nSPS) is 11.5. The maximum atomic E-state index is 4.44. The molecule has 3 heterocycles. The summed E-state index contributed by atoms with van der Waals surface area (Å²) in [6.07, 6.45) is 3.69. The quantitative estimate of drug-likeness (QED) is 0.518. The van der Waals surface area contributed by atoms with E-state index >= 15 is 0 Å². The fourth-order valence-corrected chi connectivity index (χ4v) is 4.03. The van der Waals surface area contributed by atoms with E-state index in [-0.39, 0.29) is 0 Å². The molecule has 0 saturated carbocycles. The first-order valence-corrected chi connectivity index (χ1v) is 8.89. The maximum Gasteiger partial charge on any atom is 0.196 e. The van der Waals surface area contributed by atoms with E-state index in [1.54, 1.807) is 18.0 Å². The molecule has 4 rings (SSSR count). The first kappa shape index (κ1) is 15.1. The van der Waals surface area contributed by atoms with Gasteiger partial charge in [0.05, 0.1) is 5.52 Å². The Hall–Kier alpha value is -2.40. The molecule has 1 aromatic carbocycles. The van der Waals surface area contributed by atoms with E-state index in [0.717, 1.165) is 22.1 Å². The summed E-state index contributed by atoms with van der Waals surface area (Å²) < 4.78 is 2.19. The molecule has 0 aliphatic rings. The van der Waals surface area contributed by atoms with Gasteiger partial charge in [0.25, 0.3) is 0 Å². The van der Waals surface area contributed by atoms with Gasteiger partial charge in [0.2, 0.25) is 0 Å². The van der Waals surface area contributed by atoms with Crippen molar-refractivity contribution in [1.82, 2.24) is 19.6 Å². The number of aromatic nitrogens is 4. The van der Waals surface area contributed by atoms with Crippen LogP contribution >= 0.6 is 11.8 Å². The van der Waals surface area contributed by atoms with Crippen LogP contribution in [0.1, 0.15) is 22.3 Å². The summed E-state index contributed by atoms with van der Waals surface area (Å²) in [6, 6.07) is 10.7. The summed E-state index contributed by atoms with van der Waals surface area (Å²) in [5, 5.41) is 11.0. The second kappa shape index (κ2) is 5.91. The highest BCUT2D eigenvalue weighted by atomic mass is 32.2. The van der Waals surface area contributed by atoms with Gasteiger partial charge in [-0.25, -0.2) is 0 Å². The number of hydrogen-bond donors (Lipinski definition) is 0. The van der Waals surface area contributed by atoms with Gasteiger partial charge in [0.15, 0.2) is 10.8 Å². The zero-order valence-corrected chi connectivity index (χ0v) is 14.8. The number of hydrogen-bond acceptors (Lipinski definition) is 4. The molecule has 4 aromatic rings. The highest BCUT2D eigenvalue weighted by molar-refractivity contribution is 7.98. The summed E-state index contributed by atoms with van der Waals surface area (Å²) in [6.45, 7) is 6.38. The molecule has 0 N–H and O–H groups in total. The zero-order valence-electron chi connectivity index (χ0n) is 13.9. The van der Waals surface area contributed by atoms with Crippen molar-refractivity contribution in [2.24, 2.45) is 0 Å². The Morgan fingerprint density at radius 3 is 2.71 bits per heavy atom. The summed E-state index contributed by atoms with van der Waals surface area (Å²) in [5.74, 6) is 0.828. The lowest BCUT2D eigenvalue weighted by atomic mass is 10.1. The minimum Gasteiger partial charge on any atom is -0.269 e. The molecule has 0 fully saturated rings. The largest absolute Gasteiger partial charge is 0.269 e. The molecule has 5 heteroatoms. The van der Waals surface area contributed by atoms with Crippen molar-refractivity contribution in [1.29, 1.82) is 0 Å². The Kier molecular flexibility index (Phi) is 3.73. The second-order valence-electron chi connectivity index (χ2n) is 6.14. The first-order valence-electron chi connectivity index (χ1n) is 7.91. The standard InChI is InChI=1S/C19H18N4S/c1-12-7-13(2)17-16(8-12)9-14(3)18-21-22-19(23(17)18)24-11-15-5-4-6-20-10-15/h4-10H,11H2,1-3H3. The molecule has 0 amide bonds. The molecular formula is C19H18N4S. The summed E-state index contributed by atoms with van der Waals surface area (Å²) in [4.78, 5) is 4.18. The second-order valence-corrected chi connectivity index (χ2v) is 7.08. The molecule has 0 spiro atoms. The van der Waals surface area contributed by atoms with Crippen molar-refractivity contribution < 1.29 is 0 Å². The molecule has 0 aliphatic heterocycles. The summed E-state index contributed by atoms with van der Waals surface area (Å²) in [7, 11) is 0. The predicted octanol–water partition coefficient (Wildman–Crippen LogP) is 4.50. The van der Waals surface area contributed by atoms with Crippen LogP contribution in [0.2, 0.25) is 0 Å². The molecule has 0 saturated heterocycles. The van der Waals surface area contributed by atoms with E-state index < -0.39 is 0 Å². The van der Waals surface area contributed by atoms with E-state index in [2.05, 4.69) is 64.6 Å². The summed E-state index contributed by atoms with van der Waals surface area (Å²) in [5.41, 5.74) is 6.98. The van der Waals surface area contributed by atoms with E-state index in [1.807, 2.05) is 12.3 Å². The smallest absolute Gasteiger partial charge is 0.196 e. The van der Waals surface area contributed by atoms with Gasteiger partial charge < -0.3 is 0 Å².